The highest BCUT2D eigenvalue weighted by Gasteiger charge is 2.25. The van der Waals surface area contributed by atoms with Gasteiger partial charge >= 0.3 is 0 Å². The Labute approximate surface area is 313 Å². The molecule has 0 atom stereocenters. The Morgan fingerprint density at radius 2 is 0.736 bits per heavy atom. The predicted molar refractivity (Wildman–Crippen MR) is 229 cm³/mol. The van der Waals surface area contributed by atoms with Gasteiger partial charge in [0.25, 0.3) is 0 Å². The summed E-state index contributed by atoms with van der Waals surface area (Å²) in [7, 11) is 0. The summed E-state index contributed by atoms with van der Waals surface area (Å²) >= 11 is 1.76. The van der Waals surface area contributed by atoms with Crippen LogP contribution < -0.4 is 0 Å². The van der Waals surface area contributed by atoms with Crippen molar-refractivity contribution in [1.29, 1.82) is 0 Å². The highest BCUT2D eigenvalue weighted by molar-refractivity contribution is 7.21. The molecule has 10 rings (SSSR count). The van der Waals surface area contributed by atoms with Crippen molar-refractivity contribution in [2.45, 2.75) is 13.8 Å². The fourth-order valence-electron chi connectivity index (χ4n) is 8.19. The van der Waals surface area contributed by atoms with Gasteiger partial charge in [0.15, 0.2) is 0 Å². The van der Waals surface area contributed by atoms with Gasteiger partial charge in [-0.2, -0.15) is 0 Å². The number of hydrogen-bond donors (Lipinski definition) is 0. The number of hydrogen-bond acceptors (Lipinski definition) is 2. The molecule has 1 heterocycles. The van der Waals surface area contributed by atoms with E-state index in [0.29, 0.717) is 0 Å². The summed E-state index contributed by atoms with van der Waals surface area (Å²) in [4.78, 5) is 5.03. The first-order valence-corrected chi connectivity index (χ1v) is 19.0. The van der Waals surface area contributed by atoms with E-state index in [9.17, 15) is 0 Å². The lowest BCUT2D eigenvalue weighted by Crippen LogP contribution is -1.97. The van der Waals surface area contributed by atoms with Crippen molar-refractivity contribution in [3.05, 3.63) is 187 Å². The van der Waals surface area contributed by atoms with Crippen LogP contribution >= 0.6 is 11.3 Å². The number of aromatic nitrogens is 1. The van der Waals surface area contributed by atoms with E-state index in [1.807, 2.05) is 0 Å². The molecule has 0 amide bonds. The standard InChI is InChI=1S/C51H35NS/c1-32-21-24-36(25-22-32)47-41-19-11-12-20-42(41)48(37-26-28-38(29-27-37)51-52-43-30-23-33(2)31-44(43)53-51)50-46(35-15-7-4-8-16-35)40-18-10-9-17-39(40)45(49(47)50)34-13-5-3-6-14-34/h3-31H,1-2H3. The lowest BCUT2D eigenvalue weighted by atomic mass is 9.77. The number of thiazole rings is 1. The van der Waals surface area contributed by atoms with Crippen LogP contribution in [0.15, 0.2) is 176 Å². The first-order valence-electron chi connectivity index (χ1n) is 18.2. The quantitative estimate of drug-likeness (QED) is 0.164. The molecule has 0 fully saturated rings. The van der Waals surface area contributed by atoms with Crippen LogP contribution in [0.1, 0.15) is 11.1 Å². The lowest BCUT2D eigenvalue weighted by Gasteiger charge is -2.25. The normalized spacial score (nSPS) is 11.6. The summed E-state index contributed by atoms with van der Waals surface area (Å²) in [6.45, 7) is 4.31. The highest BCUT2D eigenvalue weighted by Crippen LogP contribution is 2.53. The molecule has 0 radical (unpaired) electrons. The Bertz CT molecular complexity index is 2980. The SMILES string of the molecule is Cc1ccc(-c2c3ccccc3c(-c3ccc(-c4nc5ccc(C)cc5s4)cc3)c3c(-c4ccccc4)c4ccccc4c(-c4ccccc4)c23)cc1. The Balaban J connectivity index is 1.39. The summed E-state index contributed by atoms with van der Waals surface area (Å²) < 4.78 is 1.22. The zero-order valence-electron chi connectivity index (χ0n) is 29.6. The van der Waals surface area contributed by atoms with E-state index in [-0.39, 0.29) is 0 Å². The van der Waals surface area contributed by atoms with Gasteiger partial charge in [-0.3, -0.25) is 0 Å². The minimum atomic E-state index is 1.05. The van der Waals surface area contributed by atoms with Crippen LogP contribution in [-0.2, 0) is 0 Å². The molecule has 9 aromatic carbocycles. The molecule has 0 unspecified atom stereocenters. The minimum Gasteiger partial charge on any atom is -0.236 e. The third-order valence-corrected chi connectivity index (χ3v) is 11.7. The fraction of sp³-hybridized carbons (Fsp3) is 0.0392. The summed E-state index contributed by atoms with van der Waals surface area (Å²) in [6, 6.07) is 64.7. The molecular formula is C51H35NS. The summed E-state index contributed by atoms with van der Waals surface area (Å²) in [5, 5.41) is 8.58. The summed E-state index contributed by atoms with van der Waals surface area (Å²) in [6.07, 6.45) is 0. The van der Waals surface area contributed by atoms with Gasteiger partial charge in [-0.05, 0) is 108 Å². The number of nitrogens with zero attached hydrogens (tertiary/aromatic N) is 1. The number of rotatable bonds is 5. The molecular weight excluding hydrogens is 659 g/mol. The molecule has 250 valence electrons. The fourth-order valence-corrected chi connectivity index (χ4v) is 9.26. The van der Waals surface area contributed by atoms with Crippen molar-refractivity contribution in [3.8, 4) is 55.1 Å². The summed E-state index contributed by atoms with van der Waals surface area (Å²) in [5.74, 6) is 0. The van der Waals surface area contributed by atoms with Crippen LogP contribution in [0.25, 0.3) is 97.6 Å². The maximum absolute atomic E-state index is 5.03. The molecule has 0 N–H and O–H groups in total. The average molecular weight is 694 g/mol. The van der Waals surface area contributed by atoms with Gasteiger partial charge in [0.1, 0.15) is 5.01 Å². The minimum absolute atomic E-state index is 1.05. The monoisotopic (exact) mass is 693 g/mol. The molecule has 2 heteroatoms. The van der Waals surface area contributed by atoms with Gasteiger partial charge in [-0.1, -0.05) is 169 Å². The van der Waals surface area contributed by atoms with E-state index in [1.165, 1.54) is 92.7 Å². The third kappa shape index (κ3) is 5.26. The maximum Gasteiger partial charge on any atom is 0.124 e. The maximum atomic E-state index is 5.03. The smallest absolute Gasteiger partial charge is 0.124 e. The van der Waals surface area contributed by atoms with E-state index in [1.54, 1.807) is 11.3 Å². The van der Waals surface area contributed by atoms with E-state index in [4.69, 9.17) is 4.98 Å². The first-order chi connectivity index (χ1) is 26.1. The Morgan fingerprint density at radius 1 is 0.358 bits per heavy atom. The van der Waals surface area contributed by atoms with Crippen molar-refractivity contribution in [2.75, 3.05) is 0 Å². The molecule has 1 nitrogen and oxygen atoms in total. The molecule has 10 aromatic rings. The van der Waals surface area contributed by atoms with Crippen molar-refractivity contribution in [3.63, 3.8) is 0 Å². The zero-order chi connectivity index (χ0) is 35.5. The van der Waals surface area contributed by atoms with Crippen LogP contribution in [-0.4, -0.2) is 4.98 Å². The van der Waals surface area contributed by atoms with Crippen LogP contribution in [0.4, 0.5) is 0 Å². The second kappa shape index (κ2) is 12.7. The van der Waals surface area contributed by atoms with E-state index in [0.717, 1.165) is 16.1 Å². The van der Waals surface area contributed by atoms with Gasteiger partial charge in [0.05, 0.1) is 10.2 Å². The number of fused-ring (bicyclic) bond motifs is 4. The number of benzene rings is 9. The van der Waals surface area contributed by atoms with E-state index >= 15 is 0 Å². The molecule has 0 aliphatic heterocycles. The second-order valence-corrected chi connectivity index (χ2v) is 15.0. The van der Waals surface area contributed by atoms with Crippen molar-refractivity contribution >= 4 is 53.9 Å². The lowest BCUT2D eigenvalue weighted by molar-refractivity contribution is 1.45. The summed E-state index contributed by atoms with van der Waals surface area (Å²) in [5.41, 5.74) is 14.6. The molecule has 53 heavy (non-hydrogen) atoms. The topological polar surface area (TPSA) is 12.9 Å². The van der Waals surface area contributed by atoms with E-state index in [2.05, 4.69) is 190 Å². The van der Waals surface area contributed by atoms with Crippen LogP contribution in [0.5, 0.6) is 0 Å². The molecule has 0 aliphatic rings. The zero-order valence-corrected chi connectivity index (χ0v) is 30.4. The highest BCUT2D eigenvalue weighted by atomic mass is 32.1. The van der Waals surface area contributed by atoms with Crippen LogP contribution in [0.2, 0.25) is 0 Å². The van der Waals surface area contributed by atoms with Crippen molar-refractivity contribution in [2.24, 2.45) is 0 Å². The Hall–Kier alpha value is -6.35. The largest absolute Gasteiger partial charge is 0.236 e. The van der Waals surface area contributed by atoms with Crippen LogP contribution in [0, 0.1) is 13.8 Å². The van der Waals surface area contributed by atoms with Crippen molar-refractivity contribution < 1.29 is 0 Å². The van der Waals surface area contributed by atoms with Crippen molar-refractivity contribution in [1.82, 2.24) is 4.98 Å². The molecule has 0 aliphatic carbocycles. The van der Waals surface area contributed by atoms with Gasteiger partial charge in [0, 0.05) is 5.56 Å². The van der Waals surface area contributed by atoms with Gasteiger partial charge in [-0.15, -0.1) is 11.3 Å². The molecule has 1 aromatic heterocycles. The second-order valence-electron chi connectivity index (χ2n) is 14.0. The Morgan fingerprint density at radius 3 is 1.21 bits per heavy atom. The van der Waals surface area contributed by atoms with Gasteiger partial charge in [0.2, 0.25) is 0 Å². The number of aryl methyl sites for hydroxylation is 2. The van der Waals surface area contributed by atoms with Gasteiger partial charge < -0.3 is 0 Å². The molecule has 0 spiro atoms. The Kier molecular flexibility index (Phi) is 7.52. The third-order valence-electron chi connectivity index (χ3n) is 10.6. The van der Waals surface area contributed by atoms with E-state index < -0.39 is 0 Å². The predicted octanol–water partition coefficient (Wildman–Crippen LogP) is 14.7. The molecule has 0 saturated carbocycles. The van der Waals surface area contributed by atoms with Crippen LogP contribution in [0.3, 0.4) is 0 Å². The molecule has 0 bridgehead atoms. The first kappa shape index (κ1) is 31.4. The molecule has 0 saturated heterocycles. The van der Waals surface area contributed by atoms with Gasteiger partial charge in [-0.25, -0.2) is 4.98 Å². The average Bonchev–Trinajstić information content (AvgIpc) is 3.63.